The van der Waals surface area contributed by atoms with Crippen molar-refractivity contribution in [3.8, 4) is 11.1 Å². The minimum atomic E-state index is -0.386. The maximum atomic E-state index is 13.0. The van der Waals surface area contributed by atoms with Crippen molar-refractivity contribution < 1.29 is 13.6 Å². The van der Waals surface area contributed by atoms with Crippen molar-refractivity contribution in [3.63, 3.8) is 0 Å². The lowest BCUT2D eigenvalue weighted by Gasteiger charge is -2.05. The Morgan fingerprint density at radius 2 is 2.13 bits per heavy atom. The van der Waals surface area contributed by atoms with Crippen molar-refractivity contribution in [1.29, 1.82) is 0 Å². The van der Waals surface area contributed by atoms with E-state index in [0.29, 0.717) is 21.7 Å². The Morgan fingerprint density at radius 1 is 1.39 bits per heavy atom. The molecule has 8 heteroatoms. The normalized spacial score (nSPS) is 10.7. The van der Waals surface area contributed by atoms with E-state index >= 15 is 0 Å². The monoisotopic (exact) mass is 332 g/mol. The smallest absolute Gasteiger partial charge is 0.288 e. The molecule has 0 aliphatic heterocycles. The minimum absolute atomic E-state index is 0.161. The summed E-state index contributed by atoms with van der Waals surface area (Å²) in [4.78, 5) is 12.3. The number of benzene rings is 1. The average Bonchev–Trinajstić information content (AvgIpc) is 3.15. The molecular weight excluding hydrogens is 319 g/mol. The molecule has 2 heterocycles. The topological polar surface area (TPSA) is 75.8 Å². The number of aromatic nitrogens is 3. The van der Waals surface area contributed by atoms with E-state index in [-0.39, 0.29) is 24.0 Å². The van der Waals surface area contributed by atoms with Crippen LogP contribution >= 0.6 is 12.2 Å². The fourth-order valence-corrected chi connectivity index (χ4v) is 2.27. The Bertz CT molecular complexity index is 895. The second kappa shape index (κ2) is 6.17. The third kappa shape index (κ3) is 3.07. The zero-order valence-corrected chi connectivity index (χ0v) is 13.0. The number of nitrogens with zero attached hydrogens (tertiary/aromatic N) is 2. The lowest BCUT2D eigenvalue weighted by Crippen LogP contribution is -2.24. The van der Waals surface area contributed by atoms with Crippen LogP contribution in [0.15, 0.2) is 41.0 Å². The summed E-state index contributed by atoms with van der Waals surface area (Å²) in [5, 5.41) is 9.38. The summed E-state index contributed by atoms with van der Waals surface area (Å²) in [6.07, 6.45) is 1.42. The SMILES string of the molecule is Cn1c(CNC(=O)c2occc2-c2ccc(F)cc2)n[nH]c1=S. The lowest BCUT2D eigenvalue weighted by molar-refractivity contribution is 0.0922. The van der Waals surface area contributed by atoms with E-state index in [1.165, 1.54) is 18.4 Å². The van der Waals surface area contributed by atoms with Crippen LogP contribution in [0.4, 0.5) is 4.39 Å². The summed E-state index contributed by atoms with van der Waals surface area (Å²) in [7, 11) is 1.75. The molecular formula is C15H13FN4O2S. The van der Waals surface area contributed by atoms with E-state index < -0.39 is 0 Å². The van der Waals surface area contributed by atoms with Crippen LogP contribution in [0.1, 0.15) is 16.4 Å². The number of hydrogen-bond donors (Lipinski definition) is 2. The molecule has 0 unspecified atom stereocenters. The quantitative estimate of drug-likeness (QED) is 0.720. The molecule has 1 aromatic carbocycles. The van der Waals surface area contributed by atoms with Crippen molar-refractivity contribution in [2.75, 3.05) is 0 Å². The minimum Gasteiger partial charge on any atom is -0.459 e. The number of amides is 1. The van der Waals surface area contributed by atoms with Gasteiger partial charge in [-0.05, 0) is 36.0 Å². The molecule has 0 bridgehead atoms. The Hall–Kier alpha value is -2.74. The number of hydrogen-bond acceptors (Lipinski definition) is 4. The van der Waals surface area contributed by atoms with Gasteiger partial charge in [-0.15, -0.1) is 0 Å². The second-order valence-corrected chi connectivity index (χ2v) is 5.24. The lowest BCUT2D eigenvalue weighted by atomic mass is 10.1. The molecule has 2 N–H and O–H groups in total. The largest absolute Gasteiger partial charge is 0.459 e. The Kier molecular flexibility index (Phi) is 4.07. The van der Waals surface area contributed by atoms with Gasteiger partial charge < -0.3 is 14.3 Å². The van der Waals surface area contributed by atoms with Gasteiger partial charge in [-0.1, -0.05) is 12.1 Å². The first-order valence-electron chi connectivity index (χ1n) is 6.78. The van der Waals surface area contributed by atoms with E-state index in [0.717, 1.165) is 0 Å². The fraction of sp³-hybridized carbons (Fsp3) is 0.133. The van der Waals surface area contributed by atoms with E-state index in [1.807, 2.05) is 0 Å². The van der Waals surface area contributed by atoms with Gasteiger partial charge in [-0.2, -0.15) is 5.10 Å². The first-order chi connectivity index (χ1) is 11.1. The van der Waals surface area contributed by atoms with Crippen LogP contribution in [0, 0.1) is 10.6 Å². The molecule has 6 nitrogen and oxygen atoms in total. The molecule has 3 aromatic rings. The third-order valence-electron chi connectivity index (χ3n) is 3.41. The van der Waals surface area contributed by atoms with Gasteiger partial charge >= 0.3 is 0 Å². The van der Waals surface area contributed by atoms with E-state index in [2.05, 4.69) is 15.5 Å². The van der Waals surface area contributed by atoms with Gasteiger partial charge in [0.2, 0.25) is 0 Å². The van der Waals surface area contributed by atoms with Crippen LogP contribution in [-0.2, 0) is 13.6 Å². The highest BCUT2D eigenvalue weighted by Crippen LogP contribution is 2.25. The van der Waals surface area contributed by atoms with Crippen molar-refractivity contribution in [2.45, 2.75) is 6.54 Å². The standard InChI is InChI=1S/C15H13FN4O2S/c1-20-12(18-19-15(20)23)8-17-14(21)13-11(6-7-22-13)9-2-4-10(16)5-3-9/h2-7H,8H2,1H3,(H,17,21)(H,19,23). The molecule has 23 heavy (non-hydrogen) atoms. The molecule has 0 saturated heterocycles. The van der Waals surface area contributed by atoms with Crippen LogP contribution in [0.25, 0.3) is 11.1 Å². The maximum Gasteiger partial charge on any atom is 0.288 e. The molecule has 118 valence electrons. The summed E-state index contributed by atoms with van der Waals surface area (Å²) in [5.74, 6) is 0.0314. The number of halogens is 1. The molecule has 1 amide bonds. The first kappa shape index (κ1) is 15.2. The molecule has 0 aliphatic carbocycles. The Labute approximate surface area is 135 Å². The molecule has 0 atom stereocenters. The highest BCUT2D eigenvalue weighted by atomic mass is 32.1. The van der Waals surface area contributed by atoms with Crippen molar-refractivity contribution >= 4 is 18.1 Å². The summed E-state index contributed by atoms with van der Waals surface area (Å²) < 4.78 is 20.4. The van der Waals surface area contributed by atoms with Gasteiger partial charge in [-0.25, -0.2) is 4.39 Å². The van der Waals surface area contributed by atoms with Gasteiger partial charge in [-0.3, -0.25) is 9.89 Å². The predicted octanol–water partition coefficient (Wildman–Crippen LogP) is 2.81. The molecule has 0 spiro atoms. The van der Waals surface area contributed by atoms with Crippen LogP contribution < -0.4 is 5.32 Å². The number of carbonyl (C=O) groups excluding carboxylic acids is 1. The highest BCUT2D eigenvalue weighted by Gasteiger charge is 2.17. The van der Waals surface area contributed by atoms with Gasteiger partial charge in [0.25, 0.3) is 5.91 Å². The maximum absolute atomic E-state index is 13.0. The second-order valence-electron chi connectivity index (χ2n) is 4.86. The summed E-state index contributed by atoms with van der Waals surface area (Å²) in [6, 6.07) is 7.51. The van der Waals surface area contributed by atoms with Gasteiger partial charge in [0.15, 0.2) is 16.4 Å². The summed E-state index contributed by atoms with van der Waals surface area (Å²) in [5.41, 5.74) is 1.29. The summed E-state index contributed by atoms with van der Waals surface area (Å²) in [6.45, 7) is 0.200. The van der Waals surface area contributed by atoms with Crippen molar-refractivity contribution in [3.05, 3.63) is 58.8 Å². The number of H-pyrrole nitrogens is 1. The number of furan rings is 1. The Morgan fingerprint density at radius 3 is 2.78 bits per heavy atom. The van der Waals surface area contributed by atoms with Crippen LogP contribution in [0.3, 0.4) is 0 Å². The number of nitrogens with one attached hydrogen (secondary N) is 2. The van der Waals surface area contributed by atoms with E-state index in [4.69, 9.17) is 16.6 Å². The zero-order chi connectivity index (χ0) is 16.4. The average molecular weight is 332 g/mol. The van der Waals surface area contributed by atoms with Gasteiger partial charge in [0, 0.05) is 12.6 Å². The van der Waals surface area contributed by atoms with Gasteiger partial charge in [0.05, 0.1) is 12.8 Å². The molecule has 0 fully saturated rings. The molecule has 2 aromatic heterocycles. The molecule has 0 radical (unpaired) electrons. The van der Waals surface area contributed by atoms with E-state index in [1.54, 1.807) is 29.8 Å². The van der Waals surface area contributed by atoms with Crippen LogP contribution in [0.5, 0.6) is 0 Å². The van der Waals surface area contributed by atoms with E-state index in [9.17, 15) is 9.18 Å². The van der Waals surface area contributed by atoms with Crippen molar-refractivity contribution in [1.82, 2.24) is 20.1 Å². The molecule has 0 saturated carbocycles. The summed E-state index contributed by atoms with van der Waals surface area (Å²) >= 11 is 5.01. The third-order valence-corrected chi connectivity index (χ3v) is 3.77. The number of carbonyl (C=O) groups is 1. The van der Waals surface area contributed by atoms with Crippen LogP contribution in [-0.4, -0.2) is 20.7 Å². The molecule has 0 aliphatic rings. The molecule has 3 rings (SSSR count). The van der Waals surface area contributed by atoms with Crippen molar-refractivity contribution in [2.24, 2.45) is 7.05 Å². The van der Waals surface area contributed by atoms with Crippen LogP contribution in [0.2, 0.25) is 0 Å². The fourth-order valence-electron chi connectivity index (χ4n) is 2.12. The zero-order valence-electron chi connectivity index (χ0n) is 12.2. The predicted molar refractivity (Wildman–Crippen MR) is 83.7 cm³/mol. The van der Waals surface area contributed by atoms with Gasteiger partial charge in [0.1, 0.15) is 5.82 Å². The number of aromatic amines is 1. The first-order valence-corrected chi connectivity index (χ1v) is 7.19. The Balaban J connectivity index is 1.78. The highest BCUT2D eigenvalue weighted by molar-refractivity contribution is 7.71. The number of rotatable bonds is 4.